The van der Waals surface area contributed by atoms with Crippen LogP contribution >= 0.6 is 0 Å². The highest BCUT2D eigenvalue weighted by Crippen LogP contribution is 2.35. The van der Waals surface area contributed by atoms with E-state index in [2.05, 4.69) is 31.0 Å². The molecule has 6 rings (SSSR count). The Balaban J connectivity index is 1.21. The van der Waals surface area contributed by atoms with E-state index >= 15 is 0 Å². The standard InChI is InChI=1S/C27H23N7O6/c1-13-15-5-6-18(17(15)4-3-16(13)26(38)39)32-25(37)21-9-20(33-27-29-12-30-34(21)27)24(36)28-10-14-2-7-22-19(8-14)31-23(35)11-40-22/h2-4,7-9,12,18H,5-6,10-11H2,1H3,(H,28,36)(H,31,35)(H,32,37)(H,38,39)/t18-/m0/s1. The van der Waals surface area contributed by atoms with E-state index in [4.69, 9.17) is 4.74 Å². The summed E-state index contributed by atoms with van der Waals surface area (Å²) in [5.74, 6) is -1.62. The van der Waals surface area contributed by atoms with Gasteiger partial charge in [-0.15, -0.1) is 0 Å². The molecule has 3 amide bonds. The molecule has 13 nitrogen and oxygen atoms in total. The van der Waals surface area contributed by atoms with Crippen molar-refractivity contribution in [3.05, 3.63) is 81.9 Å². The Kier molecular flexibility index (Phi) is 6.10. The van der Waals surface area contributed by atoms with Crippen LogP contribution in [-0.4, -0.2) is 55.0 Å². The molecule has 0 spiro atoms. The third-order valence-corrected chi connectivity index (χ3v) is 7.08. The van der Waals surface area contributed by atoms with E-state index in [-0.39, 0.29) is 47.8 Å². The fraction of sp³-hybridized carbons (Fsp3) is 0.222. The van der Waals surface area contributed by atoms with Crippen molar-refractivity contribution in [2.45, 2.75) is 32.4 Å². The molecule has 1 atom stereocenters. The number of benzene rings is 2. The number of amides is 3. The van der Waals surface area contributed by atoms with Crippen molar-refractivity contribution in [1.82, 2.24) is 30.2 Å². The van der Waals surface area contributed by atoms with Gasteiger partial charge in [-0.3, -0.25) is 14.4 Å². The Morgan fingerprint density at radius 3 is 2.85 bits per heavy atom. The van der Waals surface area contributed by atoms with Gasteiger partial charge in [0.1, 0.15) is 23.5 Å². The lowest BCUT2D eigenvalue weighted by atomic mass is 9.98. The van der Waals surface area contributed by atoms with Gasteiger partial charge in [0, 0.05) is 12.6 Å². The summed E-state index contributed by atoms with van der Waals surface area (Å²) in [5, 5.41) is 22.0. The fourth-order valence-electron chi connectivity index (χ4n) is 5.10. The van der Waals surface area contributed by atoms with E-state index < -0.39 is 17.8 Å². The number of hydrogen-bond donors (Lipinski definition) is 4. The number of aromatic nitrogens is 4. The number of carbonyl (C=O) groups excluding carboxylic acids is 3. The Morgan fingerprint density at radius 1 is 1.18 bits per heavy atom. The van der Waals surface area contributed by atoms with Crippen LogP contribution in [0.2, 0.25) is 0 Å². The van der Waals surface area contributed by atoms with Crippen LogP contribution in [0.25, 0.3) is 5.78 Å². The monoisotopic (exact) mass is 541 g/mol. The SMILES string of the molecule is Cc1c(C(=O)O)ccc2c1CC[C@@H]2NC(=O)c1cc(C(=O)NCc2ccc3c(c2)NC(=O)CO3)nc2ncnn12. The maximum Gasteiger partial charge on any atom is 0.335 e. The topological polar surface area (TPSA) is 177 Å². The van der Waals surface area contributed by atoms with Gasteiger partial charge in [0.15, 0.2) is 6.61 Å². The number of carbonyl (C=O) groups is 4. The molecule has 40 heavy (non-hydrogen) atoms. The smallest absolute Gasteiger partial charge is 0.335 e. The van der Waals surface area contributed by atoms with Crippen molar-refractivity contribution in [2.75, 3.05) is 11.9 Å². The van der Waals surface area contributed by atoms with Crippen LogP contribution in [0.5, 0.6) is 5.75 Å². The predicted octanol–water partition coefficient (Wildman–Crippen LogP) is 1.81. The van der Waals surface area contributed by atoms with Crippen molar-refractivity contribution in [3.63, 3.8) is 0 Å². The summed E-state index contributed by atoms with van der Waals surface area (Å²) in [6, 6.07) is 9.49. The number of aromatic carboxylic acids is 1. The summed E-state index contributed by atoms with van der Waals surface area (Å²) >= 11 is 0. The number of nitrogens with zero attached hydrogens (tertiary/aromatic N) is 4. The van der Waals surface area contributed by atoms with Crippen LogP contribution in [0.3, 0.4) is 0 Å². The van der Waals surface area contributed by atoms with E-state index in [0.717, 1.165) is 16.7 Å². The molecule has 2 aromatic heterocycles. The van der Waals surface area contributed by atoms with Crippen LogP contribution in [0, 0.1) is 6.92 Å². The van der Waals surface area contributed by atoms with Crippen molar-refractivity contribution in [1.29, 1.82) is 0 Å². The number of nitrogens with one attached hydrogen (secondary N) is 3. The van der Waals surface area contributed by atoms with Crippen LogP contribution in [-0.2, 0) is 17.8 Å². The van der Waals surface area contributed by atoms with Crippen LogP contribution < -0.4 is 20.7 Å². The average Bonchev–Trinajstić information content (AvgIpc) is 3.58. The van der Waals surface area contributed by atoms with Crippen LogP contribution in [0.1, 0.15) is 66.1 Å². The van der Waals surface area contributed by atoms with E-state index in [9.17, 15) is 24.3 Å². The first-order valence-corrected chi connectivity index (χ1v) is 12.5. The summed E-state index contributed by atoms with van der Waals surface area (Å²) in [7, 11) is 0. The Labute approximate surface area is 226 Å². The third kappa shape index (κ3) is 4.46. The Hall–Kier alpha value is -5.33. The zero-order valence-corrected chi connectivity index (χ0v) is 21.2. The first kappa shape index (κ1) is 25.0. The molecule has 0 saturated heterocycles. The van der Waals surface area contributed by atoms with E-state index in [0.29, 0.717) is 29.8 Å². The maximum atomic E-state index is 13.4. The molecule has 1 aliphatic carbocycles. The van der Waals surface area contributed by atoms with Crippen molar-refractivity contribution in [3.8, 4) is 5.75 Å². The van der Waals surface area contributed by atoms with Gasteiger partial charge in [0.25, 0.3) is 23.5 Å². The van der Waals surface area contributed by atoms with Crippen LogP contribution in [0.4, 0.5) is 5.69 Å². The lowest BCUT2D eigenvalue weighted by Crippen LogP contribution is -2.31. The second kappa shape index (κ2) is 9.76. The number of ether oxygens (including phenoxy) is 1. The number of anilines is 1. The first-order chi connectivity index (χ1) is 19.3. The number of rotatable bonds is 6. The summed E-state index contributed by atoms with van der Waals surface area (Å²) in [4.78, 5) is 57.8. The largest absolute Gasteiger partial charge is 0.482 e. The number of fused-ring (bicyclic) bond motifs is 3. The van der Waals surface area contributed by atoms with Gasteiger partial charge in [-0.25, -0.2) is 9.78 Å². The molecule has 13 heteroatoms. The molecular formula is C27H23N7O6. The average molecular weight is 542 g/mol. The second-order valence-corrected chi connectivity index (χ2v) is 9.52. The number of hydrogen-bond acceptors (Lipinski definition) is 8. The summed E-state index contributed by atoms with van der Waals surface area (Å²) in [5.41, 5.74) is 4.02. The molecule has 1 aliphatic heterocycles. The predicted molar refractivity (Wildman–Crippen MR) is 139 cm³/mol. The zero-order valence-electron chi connectivity index (χ0n) is 21.2. The summed E-state index contributed by atoms with van der Waals surface area (Å²) in [6.45, 7) is 1.86. The van der Waals surface area contributed by atoms with Crippen molar-refractivity contribution >= 4 is 35.2 Å². The summed E-state index contributed by atoms with van der Waals surface area (Å²) < 4.78 is 6.61. The van der Waals surface area contributed by atoms with Gasteiger partial charge in [0.2, 0.25) is 0 Å². The van der Waals surface area contributed by atoms with Crippen molar-refractivity contribution in [2.24, 2.45) is 0 Å². The fourth-order valence-corrected chi connectivity index (χ4v) is 5.10. The maximum absolute atomic E-state index is 13.4. The number of carboxylic acids is 1. The molecule has 0 unspecified atom stereocenters. The lowest BCUT2D eigenvalue weighted by molar-refractivity contribution is -0.118. The highest BCUT2D eigenvalue weighted by atomic mass is 16.5. The Morgan fingerprint density at radius 2 is 2.02 bits per heavy atom. The summed E-state index contributed by atoms with van der Waals surface area (Å²) in [6.07, 6.45) is 2.48. The molecule has 3 heterocycles. The minimum Gasteiger partial charge on any atom is -0.482 e. The molecule has 0 radical (unpaired) electrons. The lowest BCUT2D eigenvalue weighted by Gasteiger charge is -2.18. The zero-order chi connectivity index (χ0) is 28.0. The van der Waals surface area contributed by atoms with Crippen molar-refractivity contribution < 1.29 is 29.0 Å². The minimum absolute atomic E-state index is 0.0194. The highest BCUT2D eigenvalue weighted by Gasteiger charge is 2.29. The molecule has 0 saturated carbocycles. The van der Waals surface area contributed by atoms with Gasteiger partial charge in [-0.05, 0) is 60.2 Å². The van der Waals surface area contributed by atoms with Gasteiger partial charge in [0.05, 0.1) is 17.3 Å². The molecule has 2 aromatic carbocycles. The van der Waals surface area contributed by atoms with E-state index in [1.165, 1.54) is 16.9 Å². The minimum atomic E-state index is -0.989. The normalized spacial score (nSPS) is 15.5. The van der Waals surface area contributed by atoms with Gasteiger partial charge < -0.3 is 25.8 Å². The van der Waals surface area contributed by atoms with E-state index in [1.807, 2.05) is 0 Å². The highest BCUT2D eigenvalue weighted by molar-refractivity contribution is 5.98. The van der Waals surface area contributed by atoms with Gasteiger partial charge in [-0.2, -0.15) is 14.6 Å². The van der Waals surface area contributed by atoms with Crippen LogP contribution in [0.15, 0.2) is 42.7 Å². The van der Waals surface area contributed by atoms with Gasteiger partial charge >= 0.3 is 5.97 Å². The molecule has 0 fully saturated rings. The van der Waals surface area contributed by atoms with Gasteiger partial charge in [-0.1, -0.05) is 12.1 Å². The molecule has 4 N–H and O–H groups in total. The van der Waals surface area contributed by atoms with E-state index in [1.54, 1.807) is 37.3 Å². The molecule has 202 valence electrons. The third-order valence-electron chi connectivity index (χ3n) is 7.08. The molecular weight excluding hydrogens is 518 g/mol. The molecule has 0 bridgehead atoms. The Bertz CT molecular complexity index is 1730. The number of carboxylic acid groups (broad SMARTS) is 1. The second-order valence-electron chi connectivity index (χ2n) is 9.52. The quantitative estimate of drug-likeness (QED) is 0.283. The molecule has 4 aromatic rings. The molecule has 2 aliphatic rings. The first-order valence-electron chi connectivity index (χ1n) is 12.5.